The maximum Gasteiger partial charge on any atom is 0.304 e. The predicted molar refractivity (Wildman–Crippen MR) is 76.2 cm³/mol. The van der Waals surface area contributed by atoms with Gasteiger partial charge in [0.15, 0.2) is 0 Å². The standard InChI is InChI=1S/C16H23NO2/c1-3-17(4-2)12-13-7-5-6-8-14(13)16(9-10-16)11-15(18)19/h5-8H,3-4,9-12H2,1-2H3,(H,18,19). The molecule has 0 unspecified atom stereocenters. The second-order valence-corrected chi connectivity index (χ2v) is 5.47. The maximum absolute atomic E-state index is 11.1. The molecule has 0 saturated heterocycles. The van der Waals surface area contributed by atoms with Crippen molar-refractivity contribution < 1.29 is 9.90 Å². The van der Waals surface area contributed by atoms with Crippen LogP contribution in [0.25, 0.3) is 0 Å². The van der Waals surface area contributed by atoms with Gasteiger partial charge in [-0.2, -0.15) is 0 Å². The Kier molecular flexibility index (Phi) is 4.25. The highest BCUT2D eigenvalue weighted by molar-refractivity contribution is 5.70. The smallest absolute Gasteiger partial charge is 0.304 e. The van der Waals surface area contributed by atoms with Crippen molar-refractivity contribution in [2.75, 3.05) is 13.1 Å². The molecule has 1 aromatic rings. The second kappa shape index (κ2) is 5.74. The molecule has 0 amide bonds. The average Bonchev–Trinajstić information content (AvgIpc) is 3.16. The van der Waals surface area contributed by atoms with Crippen LogP contribution in [0.4, 0.5) is 0 Å². The monoisotopic (exact) mass is 261 g/mol. The van der Waals surface area contributed by atoms with E-state index in [1.807, 2.05) is 6.07 Å². The highest BCUT2D eigenvalue weighted by Gasteiger charge is 2.46. The van der Waals surface area contributed by atoms with Gasteiger partial charge in [0, 0.05) is 12.0 Å². The van der Waals surface area contributed by atoms with Crippen LogP contribution in [-0.4, -0.2) is 29.1 Å². The van der Waals surface area contributed by atoms with Crippen LogP contribution in [0, 0.1) is 0 Å². The van der Waals surface area contributed by atoms with Gasteiger partial charge >= 0.3 is 5.97 Å². The van der Waals surface area contributed by atoms with Crippen molar-refractivity contribution >= 4 is 5.97 Å². The number of benzene rings is 1. The summed E-state index contributed by atoms with van der Waals surface area (Å²) >= 11 is 0. The number of rotatable bonds is 7. The van der Waals surface area contributed by atoms with Crippen LogP contribution in [-0.2, 0) is 16.8 Å². The molecule has 2 rings (SSSR count). The third kappa shape index (κ3) is 3.16. The predicted octanol–water partition coefficient (Wildman–Crippen LogP) is 3.03. The number of carboxylic acids is 1. The van der Waals surface area contributed by atoms with E-state index in [0.29, 0.717) is 0 Å². The van der Waals surface area contributed by atoms with Gasteiger partial charge in [0.25, 0.3) is 0 Å². The summed E-state index contributed by atoms with van der Waals surface area (Å²) in [4.78, 5) is 13.4. The molecule has 3 nitrogen and oxygen atoms in total. The summed E-state index contributed by atoms with van der Waals surface area (Å²) in [6.45, 7) is 7.30. The Labute approximate surface area is 115 Å². The van der Waals surface area contributed by atoms with Crippen molar-refractivity contribution in [1.82, 2.24) is 4.90 Å². The first kappa shape index (κ1) is 14.1. The van der Waals surface area contributed by atoms with Gasteiger partial charge in [-0.15, -0.1) is 0 Å². The fourth-order valence-corrected chi connectivity index (χ4v) is 2.85. The molecular formula is C16H23NO2. The minimum atomic E-state index is -0.685. The average molecular weight is 261 g/mol. The van der Waals surface area contributed by atoms with Crippen molar-refractivity contribution in [3.63, 3.8) is 0 Å². The largest absolute Gasteiger partial charge is 0.481 e. The number of nitrogens with zero attached hydrogens (tertiary/aromatic N) is 1. The molecule has 1 fully saturated rings. The Hall–Kier alpha value is -1.35. The van der Waals surface area contributed by atoms with Crippen LogP contribution in [0.15, 0.2) is 24.3 Å². The molecule has 3 heteroatoms. The lowest BCUT2D eigenvalue weighted by Crippen LogP contribution is -2.24. The van der Waals surface area contributed by atoms with E-state index >= 15 is 0 Å². The number of hydrogen-bond donors (Lipinski definition) is 1. The van der Waals surface area contributed by atoms with E-state index in [1.54, 1.807) is 0 Å². The number of carboxylic acid groups (broad SMARTS) is 1. The molecular weight excluding hydrogens is 238 g/mol. The lowest BCUT2D eigenvalue weighted by atomic mass is 9.88. The fraction of sp³-hybridized carbons (Fsp3) is 0.562. The minimum Gasteiger partial charge on any atom is -0.481 e. The van der Waals surface area contributed by atoms with E-state index in [9.17, 15) is 4.79 Å². The van der Waals surface area contributed by atoms with Gasteiger partial charge in [0.05, 0.1) is 6.42 Å². The molecule has 0 bridgehead atoms. The fourth-order valence-electron chi connectivity index (χ4n) is 2.85. The van der Waals surface area contributed by atoms with Crippen LogP contribution >= 0.6 is 0 Å². The molecule has 0 spiro atoms. The summed E-state index contributed by atoms with van der Waals surface area (Å²) in [5.74, 6) is -0.685. The van der Waals surface area contributed by atoms with Gasteiger partial charge in [0.1, 0.15) is 0 Å². The van der Waals surface area contributed by atoms with Gasteiger partial charge < -0.3 is 5.11 Å². The zero-order chi connectivity index (χ0) is 13.9. The summed E-state index contributed by atoms with van der Waals surface area (Å²) in [7, 11) is 0. The molecule has 1 aromatic carbocycles. The molecule has 0 aliphatic heterocycles. The van der Waals surface area contributed by atoms with Crippen molar-refractivity contribution in [3.8, 4) is 0 Å². The van der Waals surface area contributed by atoms with Gasteiger partial charge in [-0.3, -0.25) is 9.69 Å². The van der Waals surface area contributed by atoms with Gasteiger partial charge in [0.2, 0.25) is 0 Å². The molecule has 0 atom stereocenters. The van der Waals surface area contributed by atoms with Crippen LogP contribution in [0.2, 0.25) is 0 Å². The summed E-state index contributed by atoms with van der Waals surface area (Å²) in [5, 5.41) is 9.11. The highest BCUT2D eigenvalue weighted by atomic mass is 16.4. The first-order valence-corrected chi connectivity index (χ1v) is 7.14. The zero-order valence-electron chi connectivity index (χ0n) is 11.9. The first-order chi connectivity index (χ1) is 9.11. The van der Waals surface area contributed by atoms with Gasteiger partial charge in [-0.05, 0) is 37.1 Å². The zero-order valence-corrected chi connectivity index (χ0v) is 11.9. The maximum atomic E-state index is 11.1. The summed E-state index contributed by atoms with van der Waals surface area (Å²) in [6, 6.07) is 8.35. The van der Waals surface area contributed by atoms with Crippen LogP contribution < -0.4 is 0 Å². The number of hydrogen-bond acceptors (Lipinski definition) is 2. The van der Waals surface area contributed by atoms with Crippen LogP contribution in [0.1, 0.15) is 44.2 Å². The lowest BCUT2D eigenvalue weighted by molar-refractivity contribution is -0.137. The van der Waals surface area contributed by atoms with Gasteiger partial charge in [-0.25, -0.2) is 0 Å². The van der Waals surface area contributed by atoms with Crippen LogP contribution in [0.5, 0.6) is 0 Å². The minimum absolute atomic E-state index is 0.0877. The third-order valence-electron chi connectivity index (χ3n) is 4.22. The normalized spacial score (nSPS) is 16.6. The van der Waals surface area contributed by atoms with E-state index in [-0.39, 0.29) is 11.8 Å². The van der Waals surface area contributed by atoms with E-state index < -0.39 is 5.97 Å². The van der Waals surface area contributed by atoms with Crippen molar-refractivity contribution in [1.29, 1.82) is 0 Å². The Morgan fingerprint density at radius 3 is 2.42 bits per heavy atom. The summed E-state index contributed by atoms with van der Waals surface area (Å²) < 4.78 is 0. The molecule has 1 N–H and O–H groups in total. The molecule has 1 aliphatic rings. The van der Waals surface area contributed by atoms with E-state index in [0.717, 1.165) is 32.5 Å². The van der Waals surface area contributed by atoms with Crippen molar-refractivity contribution in [2.45, 2.75) is 45.1 Å². The van der Waals surface area contributed by atoms with E-state index in [2.05, 4.69) is 36.9 Å². The SMILES string of the molecule is CCN(CC)Cc1ccccc1C1(CC(=O)O)CC1. The Balaban J connectivity index is 2.24. The van der Waals surface area contributed by atoms with Crippen LogP contribution in [0.3, 0.4) is 0 Å². The molecule has 1 saturated carbocycles. The quantitative estimate of drug-likeness (QED) is 0.820. The van der Waals surface area contributed by atoms with Crippen molar-refractivity contribution in [3.05, 3.63) is 35.4 Å². The Morgan fingerprint density at radius 2 is 1.89 bits per heavy atom. The molecule has 104 valence electrons. The third-order valence-corrected chi connectivity index (χ3v) is 4.22. The first-order valence-electron chi connectivity index (χ1n) is 7.14. The van der Waals surface area contributed by atoms with E-state index in [1.165, 1.54) is 11.1 Å². The highest BCUT2D eigenvalue weighted by Crippen LogP contribution is 2.52. The van der Waals surface area contributed by atoms with E-state index in [4.69, 9.17) is 5.11 Å². The Morgan fingerprint density at radius 1 is 1.26 bits per heavy atom. The summed E-state index contributed by atoms with van der Waals surface area (Å²) in [5.41, 5.74) is 2.46. The number of carbonyl (C=O) groups is 1. The Bertz CT molecular complexity index is 448. The van der Waals surface area contributed by atoms with Crippen molar-refractivity contribution in [2.24, 2.45) is 0 Å². The molecule has 0 heterocycles. The number of aliphatic carboxylic acids is 1. The van der Waals surface area contributed by atoms with Gasteiger partial charge in [-0.1, -0.05) is 38.1 Å². The summed E-state index contributed by atoms with van der Waals surface area (Å²) in [6.07, 6.45) is 2.28. The lowest BCUT2D eigenvalue weighted by Gasteiger charge is -2.23. The molecule has 0 aromatic heterocycles. The molecule has 1 aliphatic carbocycles. The topological polar surface area (TPSA) is 40.5 Å². The molecule has 0 radical (unpaired) electrons. The second-order valence-electron chi connectivity index (χ2n) is 5.47. The molecule has 19 heavy (non-hydrogen) atoms.